The largest absolute Gasteiger partial charge is 0.353 e. The first kappa shape index (κ1) is 17.0. The van der Waals surface area contributed by atoms with Crippen molar-refractivity contribution in [2.24, 2.45) is 0 Å². The first-order valence-electron chi connectivity index (χ1n) is 8.61. The number of hydrogen-bond donors (Lipinski definition) is 1. The van der Waals surface area contributed by atoms with E-state index in [0.717, 1.165) is 13.0 Å². The molecule has 1 aliphatic rings. The van der Waals surface area contributed by atoms with Crippen LogP contribution in [-0.4, -0.2) is 45.2 Å². The summed E-state index contributed by atoms with van der Waals surface area (Å²) in [6, 6.07) is 10.0. The summed E-state index contributed by atoms with van der Waals surface area (Å²) in [5, 5.41) is 11.3. The van der Waals surface area contributed by atoms with E-state index in [0.29, 0.717) is 29.3 Å². The van der Waals surface area contributed by atoms with Crippen molar-refractivity contribution in [3.8, 4) is 11.3 Å². The molecule has 4 rings (SSSR count). The molecule has 1 aliphatic heterocycles. The topological polar surface area (TPSA) is 83.9 Å². The fraction of sp³-hybridized carbons (Fsp3) is 0.211. The molecule has 27 heavy (non-hydrogen) atoms. The lowest BCUT2D eigenvalue weighted by Gasteiger charge is -2.17. The van der Waals surface area contributed by atoms with Crippen LogP contribution in [0.25, 0.3) is 11.3 Å². The maximum atomic E-state index is 13.9. The number of carbonyl (C=O) groups excluding carboxylic acids is 1. The highest BCUT2D eigenvalue weighted by atomic mass is 19.1. The summed E-state index contributed by atoms with van der Waals surface area (Å²) < 4.78 is 13.9. The molecule has 0 unspecified atom stereocenters. The van der Waals surface area contributed by atoms with Gasteiger partial charge in [0.05, 0.1) is 11.9 Å². The average molecular weight is 364 g/mol. The molecule has 1 fully saturated rings. The second-order valence-corrected chi connectivity index (χ2v) is 6.25. The molecule has 0 aliphatic carbocycles. The molecule has 3 aromatic rings. The number of benzene rings is 1. The van der Waals surface area contributed by atoms with Crippen molar-refractivity contribution in [2.45, 2.75) is 12.5 Å². The van der Waals surface area contributed by atoms with Crippen molar-refractivity contribution in [1.82, 2.24) is 25.5 Å². The Bertz CT molecular complexity index is 934. The Labute approximate surface area is 155 Å². The van der Waals surface area contributed by atoms with Gasteiger partial charge in [-0.3, -0.25) is 9.78 Å². The Balaban J connectivity index is 1.40. The predicted octanol–water partition coefficient (Wildman–Crippen LogP) is 2.08. The summed E-state index contributed by atoms with van der Waals surface area (Å²) in [6.07, 6.45) is 5.25. The van der Waals surface area contributed by atoms with E-state index < -0.39 is 0 Å². The molecule has 136 valence electrons. The minimum absolute atomic E-state index is 0.00690. The smallest absolute Gasteiger partial charge is 0.271 e. The maximum Gasteiger partial charge on any atom is 0.271 e. The Morgan fingerprint density at radius 2 is 2.04 bits per heavy atom. The quantitative estimate of drug-likeness (QED) is 0.763. The highest BCUT2D eigenvalue weighted by Gasteiger charge is 2.26. The summed E-state index contributed by atoms with van der Waals surface area (Å²) in [5.41, 5.74) is 1.21. The molecule has 1 N–H and O–H groups in total. The van der Waals surface area contributed by atoms with E-state index in [9.17, 15) is 9.18 Å². The van der Waals surface area contributed by atoms with Gasteiger partial charge < -0.3 is 10.2 Å². The van der Waals surface area contributed by atoms with Gasteiger partial charge in [-0.25, -0.2) is 9.37 Å². The summed E-state index contributed by atoms with van der Waals surface area (Å²) >= 11 is 0. The minimum Gasteiger partial charge on any atom is -0.353 e. The predicted molar refractivity (Wildman–Crippen MR) is 97.5 cm³/mol. The number of aromatic nitrogens is 4. The molecule has 0 bridgehead atoms. The van der Waals surface area contributed by atoms with Gasteiger partial charge in [-0.05, 0) is 30.7 Å². The van der Waals surface area contributed by atoms with Gasteiger partial charge >= 0.3 is 0 Å². The Morgan fingerprint density at radius 1 is 1.15 bits per heavy atom. The van der Waals surface area contributed by atoms with E-state index in [-0.39, 0.29) is 17.8 Å². The van der Waals surface area contributed by atoms with Gasteiger partial charge in [-0.2, -0.15) is 0 Å². The third-order valence-electron chi connectivity index (χ3n) is 4.44. The number of hydrogen-bond acceptors (Lipinski definition) is 6. The van der Waals surface area contributed by atoms with Crippen LogP contribution in [0.3, 0.4) is 0 Å². The van der Waals surface area contributed by atoms with Crippen LogP contribution < -0.4 is 10.2 Å². The SMILES string of the molecule is O=C(N[C@H]1CCN(c2ccc(-c3ccccc3F)nn2)C1)c1cnccn1. The number of nitrogens with zero attached hydrogens (tertiary/aromatic N) is 5. The molecule has 0 saturated carbocycles. The van der Waals surface area contributed by atoms with E-state index in [4.69, 9.17) is 0 Å². The fourth-order valence-corrected chi connectivity index (χ4v) is 3.07. The number of amides is 1. The van der Waals surface area contributed by atoms with E-state index in [1.165, 1.54) is 24.7 Å². The van der Waals surface area contributed by atoms with Crippen LogP contribution in [0.1, 0.15) is 16.9 Å². The van der Waals surface area contributed by atoms with E-state index in [1.54, 1.807) is 24.3 Å². The second kappa shape index (κ2) is 7.45. The van der Waals surface area contributed by atoms with Gasteiger partial charge in [0.15, 0.2) is 5.82 Å². The Morgan fingerprint density at radius 3 is 2.78 bits per heavy atom. The van der Waals surface area contributed by atoms with Crippen LogP contribution in [0, 0.1) is 5.82 Å². The van der Waals surface area contributed by atoms with Crippen LogP contribution >= 0.6 is 0 Å². The molecule has 2 aromatic heterocycles. The van der Waals surface area contributed by atoms with Gasteiger partial charge in [0, 0.05) is 37.1 Å². The van der Waals surface area contributed by atoms with Gasteiger partial charge in [0.2, 0.25) is 0 Å². The molecule has 1 aromatic carbocycles. The highest BCUT2D eigenvalue weighted by molar-refractivity contribution is 5.92. The molecule has 0 spiro atoms. The molecule has 3 heterocycles. The number of rotatable bonds is 4. The van der Waals surface area contributed by atoms with Crippen LogP contribution in [0.2, 0.25) is 0 Å². The summed E-state index contributed by atoms with van der Waals surface area (Å²) in [7, 11) is 0. The van der Waals surface area contributed by atoms with Crippen molar-refractivity contribution in [1.29, 1.82) is 0 Å². The standard InChI is InChI=1S/C19H17FN6O/c20-15-4-2-1-3-14(15)16-5-6-18(25-24-16)26-10-7-13(12-26)23-19(27)17-11-21-8-9-22-17/h1-6,8-9,11,13H,7,10,12H2,(H,23,27)/t13-/m0/s1. The Hall–Kier alpha value is -3.42. The first-order valence-corrected chi connectivity index (χ1v) is 8.61. The van der Waals surface area contributed by atoms with Gasteiger partial charge in [-0.15, -0.1) is 10.2 Å². The van der Waals surface area contributed by atoms with Crippen molar-refractivity contribution in [2.75, 3.05) is 18.0 Å². The zero-order valence-electron chi connectivity index (χ0n) is 14.4. The van der Waals surface area contributed by atoms with Gasteiger partial charge in [0.1, 0.15) is 11.5 Å². The van der Waals surface area contributed by atoms with Crippen molar-refractivity contribution in [3.63, 3.8) is 0 Å². The monoisotopic (exact) mass is 364 g/mol. The van der Waals surface area contributed by atoms with Crippen molar-refractivity contribution in [3.05, 3.63) is 66.5 Å². The second-order valence-electron chi connectivity index (χ2n) is 6.25. The molecule has 1 saturated heterocycles. The van der Waals surface area contributed by atoms with Crippen LogP contribution in [0.15, 0.2) is 55.0 Å². The maximum absolute atomic E-state index is 13.9. The molecule has 1 amide bonds. The lowest BCUT2D eigenvalue weighted by molar-refractivity contribution is 0.0935. The number of halogens is 1. The van der Waals surface area contributed by atoms with Crippen molar-refractivity contribution >= 4 is 11.7 Å². The van der Waals surface area contributed by atoms with E-state index in [2.05, 4.69) is 25.5 Å². The molecule has 1 atom stereocenters. The Kier molecular flexibility index (Phi) is 4.69. The lowest BCUT2D eigenvalue weighted by Crippen LogP contribution is -2.37. The van der Waals surface area contributed by atoms with Crippen molar-refractivity contribution < 1.29 is 9.18 Å². The van der Waals surface area contributed by atoms with E-state index >= 15 is 0 Å². The number of carbonyl (C=O) groups is 1. The fourth-order valence-electron chi connectivity index (χ4n) is 3.07. The molecular formula is C19H17FN6O. The zero-order valence-corrected chi connectivity index (χ0v) is 14.4. The van der Waals surface area contributed by atoms with Gasteiger partial charge in [-0.1, -0.05) is 12.1 Å². The van der Waals surface area contributed by atoms with Gasteiger partial charge in [0.25, 0.3) is 5.91 Å². The third-order valence-corrected chi connectivity index (χ3v) is 4.44. The molecule has 7 nitrogen and oxygen atoms in total. The zero-order chi connectivity index (χ0) is 18.6. The van der Waals surface area contributed by atoms with Crippen LogP contribution in [-0.2, 0) is 0 Å². The lowest BCUT2D eigenvalue weighted by atomic mass is 10.1. The first-order chi connectivity index (χ1) is 13.2. The van der Waals surface area contributed by atoms with Crippen LogP contribution in [0.5, 0.6) is 0 Å². The number of nitrogens with one attached hydrogen (secondary N) is 1. The molecule has 0 radical (unpaired) electrons. The minimum atomic E-state index is -0.326. The highest BCUT2D eigenvalue weighted by Crippen LogP contribution is 2.23. The molecular weight excluding hydrogens is 347 g/mol. The average Bonchev–Trinajstić information content (AvgIpc) is 3.18. The van der Waals surface area contributed by atoms with E-state index in [1.807, 2.05) is 11.0 Å². The summed E-state index contributed by atoms with van der Waals surface area (Å²) in [4.78, 5) is 22.1. The normalized spacial score (nSPS) is 16.3. The summed E-state index contributed by atoms with van der Waals surface area (Å²) in [5.74, 6) is 0.134. The summed E-state index contributed by atoms with van der Waals surface area (Å²) in [6.45, 7) is 1.37. The number of anilines is 1. The molecule has 8 heteroatoms. The van der Waals surface area contributed by atoms with Crippen LogP contribution in [0.4, 0.5) is 10.2 Å². The third kappa shape index (κ3) is 3.74.